The van der Waals surface area contributed by atoms with Gasteiger partial charge < -0.3 is 19.5 Å². The maximum Gasteiger partial charge on any atom is 0.229 e. The van der Waals surface area contributed by atoms with Crippen LogP contribution in [0, 0.1) is 0 Å². The molecule has 1 unspecified atom stereocenters. The Morgan fingerprint density at radius 3 is 2.97 bits per heavy atom. The number of benzene rings is 1. The molecule has 2 atom stereocenters. The van der Waals surface area contributed by atoms with E-state index in [1.807, 2.05) is 24.3 Å². The van der Waals surface area contributed by atoms with Crippen molar-refractivity contribution >= 4 is 61.0 Å². The van der Waals surface area contributed by atoms with Gasteiger partial charge in [0.1, 0.15) is 11.4 Å². The van der Waals surface area contributed by atoms with Crippen molar-refractivity contribution in [3.05, 3.63) is 40.6 Å². The maximum atomic E-state index is 10.7. The molecule has 0 bridgehead atoms. The third kappa shape index (κ3) is 4.22. The number of methoxy groups -OCH3 is 1. The second-order valence-electron chi connectivity index (χ2n) is 8.14. The van der Waals surface area contributed by atoms with Gasteiger partial charge in [-0.25, -0.2) is 9.98 Å². The highest BCUT2D eigenvalue weighted by molar-refractivity contribution is 7.20. The monoisotopic (exact) mass is 485 g/mol. The SMILES string of the molecule is COCC1=C(Oc2ccc3c(ccc4sc5c(c43)N(C)C[C@@H](C)NC5O)n2)N=C(Cl)CN=C1. The molecule has 0 fully saturated rings. The summed E-state index contributed by atoms with van der Waals surface area (Å²) in [5.41, 5.74) is 2.52. The van der Waals surface area contributed by atoms with Crippen LogP contribution in [0.1, 0.15) is 18.0 Å². The van der Waals surface area contributed by atoms with Gasteiger partial charge in [0.25, 0.3) is 0 Å². The van der Waals surface area contributed by atoms with E-state index in [9.17, 15) is 5.11 Å². The quantitative estimate of drug-likeness (QED) is 0.583. The third-order valence-electron chi connectivity index (χ3n) is 5.59. The van der Waals surface area contributed by atoms with Gasteiger partial charge in [-0.1, -0.05) is 11.6 Å². The molecule has 33 heavy (non-hydrogen) atoms. The van der Waals surface area contributed by atoms with Crippen LogP contribution in [0.3, 0.4) is 0 Å². The maximum absolute atomic E-state index is 10.7. The summed E-state index contributed by atoms with van der Waals surface area (Å²) in [6.45, 7) is 3.45. The minimum Gasteiger partial charge on any atom is -0.420 e. The molecule has 2 N–H and O–H groups in total. The van der Waals surface area contributed by atoms with E-state index in [4.69, 9.17) is 26.1 Å². The smallest absolute Gasteiger partial charge is 0.229 e. The molecule has 0 radical (unpaired) electrons. The van der Waals surface area contributed by atoms with Gasteiger partial charge >= 0.3 is 0 Å². The molecule has 10 heteroatoms. The van der Waals surface area contributed by atoms with Gasteiger partial charge in [-0.05, 0) is 25.1 Å². The molecule has 0 spiro atoms. The van der Waals surface area contributed by atoms with Crippen LogP contribution >= 0.6 is 22.9 Å². The fourth-order valence-electron chi connectivity index (χ4n) is 4.25. The van der Waals surface area contributed by atoms with Crippen LogP contribution in [0.5, 0.6) is 5.88 Å². The van der Waals surface area contributed by atoms with Crippen LogP contribution < -0.4 is 15.0 Å². The summed E-state index contributed by atoms with van der Waals surface area (Å²) in [6, 6.07) is 8.00. The summed E-state index contributed by atoms with van der Waals surface area (Å²) in [4.78, 5) is 16.4. The Morgan fingerprint density at radius 1 is 1.30 bits per heavy atom. The Bertz CT molecular complexity index is 1320. The van der Waals surface area contributed by atoms with E-state index in [1.165, 1.54) is 0 Å². The van der Waals surface area contributed by atoms with Crippen LogP contribution in [0.25, 0.3) is 21.0 Å². The lowest BCUT2D eigenvalue weighted by Crippen LogP contribution is -2.35. The summed E-state index contributed by atoms with van der Waals surface area (Å²) in [5.74, 6) is 0.724. The normalized spacial score (nSPS) is 21.2. The lowest BCUT2D eigenvalue weighted by Gasteiger charge is -2.20. The molecular formula is C23H24ClN5O3S. The average molecular weight is 486 g/mol. The number of aliphatic hydroxyl groups is 1. The zero-order chi connectivity index (χ0) is 23.1. The van der Waals surface area contributed by atoms with Crippen LogP contribution in [-0.4, -0.2) is 61.4 Å². The molecule has 2 aromatic heterocycles. The fraction of sp³-hybridized carbons (Fsp3) is 0.348. The van der Waals surface area contributed by atoms with Crippen molar-refractivity contribution in [3.8, 4) is 5.88 Å². The van der Waals surface area contributed by atoms with Crippen molar-refractivity contribution < 1.29 is 14.6 Å². The highest BCUT2D eigenvalue weighted by Gasteiger charge is 2.28. The molecule has 4 heterocycles. The number of anilines is 1. The Labute approximate surface area is 200 Å². The summed E-state index contributed by atoms with van der Waals surface area (Å²) in [6.07, 6.45) is 0.965. The van der Waals surface area contributed by atoms with Crippen LogP contribution in [0.2, 0.25) is 0 Å². The summed E-state index contributed by atoms with van der Waals surface area (Å²) in [7, 11) is 3.66. The first kappa shape index (κ1) is 22.2. The molecule has 1 aromatic carbocycles. The van der Waals surface area contributed by atoms with Gasteiger partial charge in [-0.15, -0.1) is 11.3 Å². The number of pyridine rings is 1. The standard InChI is InChI=1S/C23H24ClN5O3S/c1-12-10-29(2)20-19-14-4-7-18(32-23-13(11-31-3)8-25-9-17(24)28-23)27-15(14)5-6-16(19)33-21(20)22(30)26-12/h4-8,12,22,26,30H,9-11H2,1-3H3/t12-,22?/m1/s1. The highest BCUT2D eigenvalue weighted by atomic mass is 35.5. The van der Waals surface area contributed by atoms with Crippen molar-refractivity contribution in [2.75, 3.05) is 38.8 Å². The highest BCUT2D eigenvalue weighted by Crippen LogP contribution is 2.45. The minimum absolute atomic E-state index is 0.165. The number of nitrogens with one attached hydrogen (secondary N) is 1. The molecule has 0 saturated heterocycles. The number of aromatic nitrogens is 1. The lowest BCUT2D eigenvalue weighted by atomic mass is 10.1. The van der Waals surface area contributed by atoms with Crippen LogP contribution in [0.15, 0.2) is 45.7 Å². The summed E-state index contributed by atoms with van der Waals surface area (Å²) in [5, 5.41) is 16.4. The van der Waals surface area contributed by atoms with E-state index < -0.39 is 6.23 Å². The van der Waals surface area contributed by atoms with E-state index in [0.717, 1.165) is 38.1 Å². The Hall–Kier alpha value is -2.56. The molecule has 3 aromatic rings. The number of rotatable bonds is 4. The number of aliphatic hydroxyl groups excluding tert-OH is 1. The van der Waals surface area contributed by atoms with Gasteiger partial charge in [-0.2, -0.15) is 0 Å². The van der Waals surface area contributed by atoms with Gasteiger partial charge in [-0.3, -0.25) is 10.3 Å². The molecule has 0 saturated carbocycles. The Morgan fingerprint density at radius 2 is 2.15 bits per heavy atom. The number of ether oxygens (including phenoxy) is 2. The van der Waals surface area contributed by atoms with Gasteiger partial charge in [0.15, 0.2) is 0 Å². The Kier molecular flexibility index (Phi) is 6.07. The molecule has 2 aliphatic heterocycles. The molecule has 0 aliphatic carbocycles. The lowest BCUT2D eigenvalue weighted by molar-refractivity contribution is 0.134. The van der Waals surface area contributed by atoms with Gasteiger partial charge in [0, 0.05) is 54.5 Å². The average Bonchev–Trinajstić information content (AvgIpc) is 3.04. The first-order valence-corrected chi connectivity index (χ1v) is 11.8. The zero-order valence-corrected chi connectivity index (χ0v) is 20.1. The second kappa shape index (κ2) is 9.00. The van der Waals surface area contributed by atoms with E-state index in [1.54, 1.807) is 24.7 Å². The zero-order valence-electron chi connectivity index (χ0n) is 18.5. The van der Waals surface area contributed by atoms with E-state index in [-0.39, 0.29) is 6.04 Å². The van der Waals surface area contributed by atoms with Crippen molar-refractivity contribution in [1.29, 1.82) is 0 Å². The van der Waals surface area contributed by atoms with Crippen LogP contribution in [0.4, 0.5) is 5.69 Å². The van der Waals surface area contributed by atoms with E-state index in [2.05, 4.69) is 34.2 Å². The second-order valence-corrected chi connectivity index (χ2v) is 9.66. The predicted octanol–water partition coefficient (Wildman–Crippen LogP) is 3.83. The fourth-order valence-corrected chi connectivity index (χ4v) is 5.61. The number of thiophene rings is 1. The molecule has 5 rings (SSSR count). The number of likely N-dealkylation sites (N-methyl/N-ethyl adjacent to an activating group) is 1. The van der Waals surface area contributed by atoms with Gasteiger partial charge in [0.2, 0.25) is 11.8 Å². The predicted molar refractivity (Wildman–Crippen MR) is 134 cm³/mol. The summed E-state index contributed by atoms with van der Waals surface area (Å²) >= 11 is 7.74. The van der Waals surface area contributed by atoms with E-state index in [0.29, 0.717) is 35.7 Å². The summed E-state index contributed by atoms with van der Waals surface area (Å²) < 4.78 is 12.4. The molecule has 2 aliphatic rings. The number of aliphatic imine (C=N–C) groups is 2. The topological polar surface area (TPSA) is 91.6 Å². The van der Waals surface area contributed by atoms with Crippen molar-refractivity contribution in [2.45, 2.75) is 19.2 Å². The molecule has 0 amide bonds. The minimum atomic E-state index is -0.700. The molecular weight excluding hydrogens is 462 g/mol. The molecule has 8 nitrogen and oxygen atoms in total. The van der Waals surface area contributed by atoms with Crippen molar-refractivity contribution in [2.24, 2.45) is 9.98 Å². The third-order valence-corrected chi connectivity index (χ3v) is 6.99. The number of nitrogens with zero attached hydrogens (tertiary/aromatic N) is 4. The first-order chi connectivity index (χ1) is 15.9. The largest absolute Gasteiger partial charge is 0.420 e. The van der Waals surface area contributed by atoms with Crippen molar-refractivity contribution in [1.82, 2.24) is 10.3 Å². The van der Waals surface area contributed by atoms with E-state index >= 15 is 0 Å². The first-order valence-electron chi connectivity index (χ1n) is 10.6. The number of hydrogen-bond donors (Lipinski definition) is 2. The van der Waals surface area contributed by atoms with Crippen LogP contribution in [-0.2, 0) is 4.74 Å². The molecule has 172 valence electrons. The van der Waals surface area contributed by atoms with Crippen molar-refractivity contribution in [3.63, 3.8) is 0 Å². The number of fused-ring (bicyclic) bond motifs is 5. The Balaban J connectivity index is 1.60. The number of halogens is 1. The van der Waals surface area contributed by atoms with Gasteiger partial charge in [0.05, 0.1) is 34.8 Å². The number of hydrogen-bond acceptors (Lipinski definition) is 9.